The molecule has 0 spiro atoms. The van der Waals surface area contributed by atoms with E-state index in [1.165, 1.54) is 10.5 Å². The first-order valence-electron chi connectivity index (χ1n) is 8.63. The Morgan fingerprint density at radius 2 is 1.86 bits per heavy atom. The van der Waals surface area contributed by atoms with E-state index in [1.807, 2.05) is 55.5 Å². The Labute approximate surface area is 164 Å². The number of carboxylic acid groups (broad SMARTS) is 1. The maximum absolute atomic E-state index is 12.8. The number of fused-ring (bicyclic) bond motifs is 1. The minimum absolute atomic E-state index is 0.0932. The quantitative estimate of drug-likeness (QED) is 0.555. The second-order valence-electron chi connectivity index (χ2n) is 6.34. The third-order valence-electron chi connectivity index (χ3n) is 4.27. The van der Waals surface area contributed by atoms with Gasteiger partial charge in [0.1, 0.15) is 4.88 Å². The molecule has 0 radical (unpaired) electrons. The van der Waals surface area contributed by atoms with Gasteiger partial charge >= 0.3 is 5.97 Å². The summed E-state index contributed by atoms with van der Waals surface area (Å²) in [6, 6.07) is 18.4. The monoisotopic (exact) mass is 388 g/mol. The van der Waals surface area contributed by atoms with Gasteiger partial charge in [-0.15, -0.1) is 0 Å². The summed E-state index contributed by atoms with van der Waals surface area (Å²) in [5, 5.41) is 9.62. The number of carboxylic acids is 1. The van der Waals surface area contributed by atoms with Crippen molar-refractivity contribution in [3.8, 4) is 11.3 Å². The van der Waals surface area contributed by atoms with Gasteiger partial charge in [0.05, 0.1) is 11.4 Å². The summed E-state index contributed by atoms with van der Waals surface area (Å²) in [5.41, 5.74) is 3.35. The summed E-state index contributed by atoms with van der Waals surface area (Å²) in [6.07, 6.45) is 3.65. The lowest BCUT2D eigenvalue weighted by Gasteiger charge is -2.03. The molecule has 28 heavy (non-hydrogen) atoms. The molecule has 0 saturated heterocycles. The standard InChI is InChI=1S/C22H16N2O3S/c1-14-6-5-7-15(12-14)10-11-17-13-18(25)24-19(16-8-3-2-4-9-16)20(21(26)27)28-22(24)23-17/h2-13H,1H3,(H,26,27)/b11-10+. The molecule has 4 rings (SSSR count). The summed E-state index contributed by atoms with van der Waals surface area (Å²) >= 11 is 0.998. The van der Waals surface area contributed by atoms with Crippen LogP contribution in [-0.4, -0.2) is 20.5 Å². The van der Waals surface area contributed by atoms with Crippen LogP contribution in [0.4, 0.5) is 0 Å². The molecule has 0 amide bonds. The fraction of sp³-hybridized carbons (Fsp3) is 0.0455. The Kier molecular flexibility index (Phi) is 4.63. The number of hydrogen-bond donors (Lipinski definition) is 1. The minimum Gasteiger partial charge on any atom is -0.477 e. The van der Waals surface area contributed by atoms with Crippen molar-refractivity contribution in [2.75, 3.05) is 0 Å². The van der Waals surface area contributed by atoms with Gasteiger partial charge in [-0.3, -0.25) is 9.20 Å². The van der Waals surface area contributed by atoms with Gasteiger partial charge in [0.25, 0.3) is 5.56 Å². The lowest BCUT2D eigenvalue weighted by atomic mass is 10.1. The molecule has 6 heteroatoms. The topological polar surface area (TPSA) is 71.7 Å². The first-order valence-corrected chi connectivity index (χ1v) is 9.44. The van der Waals surface area contributed by atoms with Gasteiger partial charge in [0.15, 0.2) is 4.96 Å². The van der Waals surface area contributed by atoms with E-state index in [9.17, 15) is 14.7 Å². The van der Waals surface area contributed by atoms with Gasteiger partial charge in [-0.1, -0.05) is 77.6 Å². The van der Waals surface area contributed by atoms with Crippen LogP contribution < -0.4 is 5.56 Å². The van der Waals surface area contributed by atoms with Crippen LogP contribution in [0.25, 0.3) is 28.4 Å². The van der Waals surface area contributed by atoms with Crippen LogP contribution in [0.1, 0.15) is 26.5 Å². The van der Waals surface area contributed by atoms with Gasteiger partial charge in [-0.25, -0.2) is 9.78 Å². The minimum atomic E-state index is -1.08. The molecule has 2 heterocycles. The third-order valence-corrected chi connectivity index (χ3v) is 5.30. The highest BCUT2D eigenvalue weighted by atomic mass is 32.1. The van der Waals surface area contributed by atoms with Crippen molar-refractivity contribution in [3.05, 3.63) is 92.7 Å². The number of aryl methyl sites for hydroxylation is 1. The molecule has 0 atom stereocenters. The summed E-state index contributed by atoms with van der Waals surface area (Å²) in [7, 11) is 0. The zero-order valence-corrected chi connectivity index (χ0v) is 15.8. The molecule has 0 aliphatic rings. The normalized spacial score (nSPS) is 11.3. The molecule has 2 aromatic heterocycles. The molecule has 0 fully saturated rings. The first kappa shape index (κ1) is 17.9. The van der Waals surface area contributed by atoms with Crippen molar-refractivity contribution in [3.63, 3.8) is 0 Å². The van der Waals surface area contributed by atoms with Crippen molar-refractivity contribution in [1.29, 1.82) is 0 Å². The molecule has 0 aliphatic heterocycles. The molecule has 1 N–H and O–H groups in total. The molecule has 0 bridgehead atoms. The number of nitrogens with zero attached hydrogens (tertiary/aromatic N) is 2. The number of aromatic carboxylic acids is 1. The lowest BCUT2D eigenvalue weighted by Crippen LogP contribution is -2.14. The van der Waals surface area contributed by atoms with Crippen molar-refractivity contribution >= 4 is 34.4 Å². The van der Waals surface area contributed by atoms with E-state index in [2.05, 4.69) is 4.98 Å². The highest BCUT2D eigenvalue weighted by Crippen LogP contribution is 2.30. The van der Waals surface area contributed by atoms with E-state index < -0.39 is 5.97 Å². The fourth-order valence-electron chi connectivity index (χ4n) is 3.04. The molecular formula is C22H16N2O3S. The Morgan fingerprint density at radius 3 is 2.57 bits per heavy atom. The van der Waals surface area contributed by atoms with Gasteiger partial charge in [0, 0.05) is 11.6 Å². The summed E-state index contributed by atoms with van der Waals surface area (Å²) in [5.74, 6) is -1.08. The highest BCUT2D eigenvalue weighted by Gasteiger charge is 2.21. The molecule has 138 valence electrons. The van der Waals surface area contributed by atoms with E-state index in [0.29, 0.717) is 21.9 Å². The maximum Gasteiger partial charge on any atom is 0.348 e. The SMILES string of the molecule is Cc1cccc(/C=C/c2cc(=O)n3c(-c4ccccc4)c(C(=O)O)sc3n2)c1. The van der Waals surface area contributed by atoms with Crippen molar-refractivity contribution in [2.45, 2.75) is 6.92 Å². The number of thiazole rings is 1. The molecule has 0 unspecified atom stereocenters. The lowest BCUT2D eigenvalue weighted by molar-refractivity contribution is 0.0702. The second-order valence-corrected chi connectivity index (χ2v) is 7.31. The molecule has 5 nitrogen and oxygen atoms in total. The van der Waals surface area contributed by atoms with Crippen LogP contribution in [0.2, 0.25) is 0 Å². The number of carbonyl (C=O) groups is 1. The first-order chi connectivity index (χ1) is 13.5. The Hall–Kier alpha value is -3.51. The van der Waals surface area contributed by atoms with Crippen LogP contribution in [0, 0.1) is 6.92 Å². The number of benzene rings is 2. The summed E-state index contributed by atoms with van der Waals surface area (Å²) in [4.78, 5) is 29.5. The molecule has 0 aliphatic carbocycles. The molecular weight excluding hydrogens is 372 g/mol. The smallest absolute Gasteiger partial charge is 0.348 e. The number of rotatable bonds is 4. The third kappa shape index (κ3) is 3.37. The average molecular weight is 388 g/mol. The Balaban J connectivity index is 1.86. The van der Waals surface area contributed by atoms with Crippen LogP contribution in [0.5, 0.6) is 0 Å². The Morgan fingerprint density at radius 1 is 1.07 bits per heavy atom. The van der Waals surface area contributed by atoms with Gasteiger partial charge in [0.2, 0.25) is 0 Å². The summed E-state index contributed by atoms with van der Waals surface area (Å²) in [6.45, 7) is 2.01. The zero-order valence-electron chi connectivity index (χ0n) is 15.0. The van der Waals surface area contributed by atoms with E-state index >= 15 is 0 Å². The van der Waals surface area contributed by atoms with Crippen molar-refractivity contribution < 1.29 is 9.90 Å². The van der Waals surface area contributed by atoms with Gasteiger partial charge < -0.3 is 5.11 Å². The van der Waals surface area contributed by atoms with Crippen LogP contribution in [-0.2, 0) is 0 Å². The largest absolute Gasteiger partial charge is 0.477 e. The maximum atomic E-state index is 12.8. The highest BCUT2D eigenvalue weighted by molar-refractivity contribution is 7.19. The second kappa shape index (κ2) is 7.25. The molecule has 4 aromatic rings. The number of aromatic nitrogens is 2. The van der Waals surface area contributed by atoms with Gasteiger partial charge in [-0.2, -0.15) is 0 Å². The predicted octanol–water partition coefficient (Wildman–Crippen LogP) is 4.60. The van der Waals surface area contributed by atoms with Crippen molar-refractivity contribution in [2.24, 2.45) is 0 Å². The van der Waals surface area contributed by atoms with E-state index in [0.717, 1.165) is 22.5 Å². The van der Waals surface area contributed by atoms with E-state index in [-0.39, 0.29) is 10.4 Å². The predicted molar refractivity (Wildman–Crippen MR) is 112 cm³/mol. The zero-order chi connectivity index (χ0) is 19.7. The molecule has 2 aromatic carbocycles. The molecule has 0 saturated carbocycles. The Bertz CT molecular complexity index is 1270. The summed E-state index contributed by atoms with van der Waals surface area (Å²) < 4.78 is 1.37. The van der Waals surface area contributed by atoms with Crippen LogP contribution >= 0.6 is 11.3 Å². The van der Waals surface area contributed by atoms with E-state index in [1.54, 1.807) is 18.2 Å². The van der Waals surface area contributed by atoms with Crippen LogP contribution in [0.3, 0.4) is 0 Å². The van der Waals surface area contributed by atoms with Crippen molar-refractivity contribution in [1.82, 2.24) is 9.38 Å². The fourth-order valence-corrected chi connectivity index (χ4v) is 4.03. The van der Waals surface area contributed by atoms with E-state index in [4.69, 9.17) is 0 Å². The average Bonchev–Trinajstić information content (AvgIpc) is 3.08. The van der Waals surface area contributed by atoms with Crippen LogP contribution in [0.15, 0.2) is 65.5 Å². The number of hydrogen-bond acceptors (Lipinski definition) is 4. The van der Waals surface area contributed by atoms with Gasteiger partial charge in [-0.05, 0) is 18.6 Å².